The molecule has 2 amide bonds. The van der Waals surface area contributed by atoms with E-state index in [1.807, 2.05) is 36.4 Å². The van der Waals surface area contributed by atoms with Gasteiger partial charge in [-0.15, -0.1) is 0 Å². The Labute approximate surface area is 202 Å². The highest BCUT2D eigenvalue weighted by Gasteiger charge is 2.43. The highest BCUT2D eigenvalue weighted by atomic mass is 79.9. The third-order valence-corrected chi connectivity index (χ3v) is 7.12. The number of halogens is 1. The van der Waals surface area contributed by atoms with Crippen molar-refractivity contribution in [2.45, 2.75) is 18.5 Å². The fraction of sp³-hybridized carbons (Fsp3) is 0.259. The van der Waals surface area contributed by atoms with E-state index in [-0.39, 0.29) is 30.3 Å². The van der Waals surface area contributed by atoms with Crippen molar-refractivity contribution in [2.75, 3.05) is 31.1 Å². The average Bonchev–Trinajstić information content (AvgIpc) is 3.15. The number of nitrogens with zero attached hydrogens (tertiary/aromatic N) is 3. The van der Waals surface area contributed by atoms with Crippen LogP contribution in [0.2, 0.25) is 0 Å². The van der Waals surface area contributed by atoms with Crippen LogP contribution in [0.15, 0.2) is 89.4 Å². The lowest BCUT2D eigenvalue weighted by Gasteiger charge is -2.41. The van der Waals surface area contributed by atoms with Crippen molar-refractivity contribution in [3.8, 4) is 0 Å². The molecule has 1 atom stereocenters. The Hall–Kier alpha value is -2.80. The van der Waals surface area contributed by atoms with E-state index in [0.29, 0.717) is 5.69 Å². The highest BCUT2D eigenvalue weighted by Crippen LogP contribution is 2.31. The second kappa shape index (κ2) is 9.59. The highest BCUT2D eigenvalue weighted by molar-refractivity contribution is 9.10. The molecule has 2 fully saturated rings. The zero-order valence-electron chi connectivity index (χ0n) is 18.3. The summed E-state index contributed by atoms with van der Waals surface area (Å²) in [7, 11) is 0. The van der Waals surface area contributed by atoms with Gasteiger partial charge in [-0.05, 0) is 35.4 Å². The van der Waals surface area contributed by atoms with Crippen molar-refractivity contribution in [1.29, 1.82) is 0 Å². The fourth-order valence-electron chi connectivity index (χ4n) is 4.95. The van der Waals surface area contributed by atoms with Crippen LogP contribution < -0.4 is 4.90 Å². The second-order valence-electron chi connectivity index (χ2n) is 8.56. The molecule has 0 spiro atoms. The van der Waals surface area contributed by atoms with Gasteiger partial charge in [0.2, 0.25) is 5.91 Å². The first-order valence-electron chi connectivity index (χ1n) is 11.3. The van der Waals surface area contributed by atoms with Gasteiger partial charge in [-0.3, -0.25) is 19.4 Å². The van der Waals surface area contributed by atoms with E-state index in [1.165, 1.54) is 16.0 Å². The smallest absolute Gasteiger partial charge is 0.251 e. The molecule has 6 heteroatoms. The van der Waals surface area contributed by atoms with Crippen molar-refractivity contribution in [2.24, 2.45) is 0 Å². The number of hydrogen-bond donors (Lipinski definition) is 0. The van der Waals surface area contributed by atoms with Gasteiger partial charge >= 0.3 is 0 Å². The molecule has 2 aliphatic rings. The third-order valence-electron chi connectivity index (χ3n) is 6.59. The predicted molar refractivity (Wildman–Crippen MR) is 133 cm³/mol. The normalized spacial score (nSPS) is 20.1. The third kappa shape index (κ3) is 4.51. The molecule has 0 radical (unpaired) electrons. The minimum atomic E-state index is -0.379. The summed E-state index contributed by atoms with van der Waals surface area (Å²) in [5.74, 6) is -0.236. The van der Waals surface area contributed by atoms with Crippen LogP contribution in [0.3, 0.4) is 0 Å². The van der Waals surface area contributed by atoms with Gasteiger partial charge in [0.25, 0.3) is 5.91 Å². The molecule has 168 valence electrons. The molecule has 2 aliphatic heterocycles. The van der Waals surface area contributed by atoms with E-state index < -0.39 is 0 Å². The molecule has 0 bridgehead atoms. The molecule has 0 unspecified atom stereocenters. The van der Waals surface area contributed by atoms with Gasteiger partial charge < -0.3 is 0 Å². The lowest BCUT2D eigenvalue weighted by atomic mass is 9.96. The van der Waals surface area contributed by atoms with Crippen molar-refractivity contribution in [1.82, 2.24) is 9.80 Å². The van der Waals surface area contributed by atoms with Crippen LogP contribution in [-0.4, -0.2) is 53.8 Å². The fourth-order valence-corrected chi connectivity index (χ4v) is 5.22. The van der Waals surface area contributed by atoms with Crippen LogP contribution in [0, 0.1) is 0 Å². The van der Waals surface area contributed by atoms with E-state index in [1.54, 1.807) is 0 Å². The Morgan fingerprint density at radius 1 is 0.727 bits per heavy atom. The molecule has 33 heavy (non-hydrogen) atoms. The number of piperazine rings is 1. The van der Waals surface area contributed by atoms with Crippen LogP contribution in [0.5, 0.6) is 0 Å². The van der Waals surface area contributed by atoms with Crippen molar-refractivity contribution >= 4 is 33.4 Å². The quantitative estimate of drug-likeness (QED) is 0.481. The summed E-state index contributed by atoms with van der Waals surface area (Å²) in [5, 5.41) is 0. The van der Waals surface area contributed by atoms with Gasteiger partial charge in [0.15, 0.2) is 0 Å². The summed E-state index contributed by atoms with van der Waals surface area (Å²) in [5.41, 5.74) is 3.18. The summed E-state index contributed by atoms with van der Waals surface area (Å²) in [6.45, 7) is 3.19. The number of rotatable bonds is 5. The van der Waals surface area contributed by atoms with Crippen molar-refractivity contribution < 1.29 is 9.59 Å². The molecule has 0 aromatic heterocycles. The first-order chi connectivity index (χ1) is 16.1. The number of benzene rings is 3. The summed E-state index contributed by atoms with van der Waals surface area (Å²) >= 11 is 3.41. The van der Waals surface area contributed by atoms with E-state index in [4.69, 9.17) is 0 Å². The van der Waals surface area contributed by atoms with Crippen LogP contribution in [0.4, 0.5) is 5.69 Å². The summed E-state index contributed by atoms with van der Waals surface area (Å²) < 4.78 is 0.921. The lowest BCUT2D eigenvalue weighted by molar-refractivity contribution is -0.123. The molecule has 5 rings (SSSR count). The maximum atomic E-state index is 13.2. The average molecular weight is 504 g/mol. The Bertz CT molecular complexity index is 1070. The SMILES string of the molecule is O=C1C[C@@H](N2CCN(C(c3ccccc3)c3ccccc3)CC2)C(=O)N1c1ccc(Br)cc1. The summed E-state index contributed by atoms with van der Waals surface area (Å²) in [6.07, 6.45) is 0.246. The Morgan fingerprint density at radius 2 is 1.27 bits per heavy atom. The first-order valence-corrected chi connectivity index (χ1v) is 12.1. The second-order valence-corrected chi connectivity index (χ2v) is 9.48. The van der Waals surface area contributed by atoms with Gasteiger partial charge in [-0.25, -0.2) is 4.90 Å². The topological polar surface area (TPSA) is 43.9 Å². The van der Waals surface area contributed by atoms with Gasteiger partial charge in [-0.1, -0.05) is 76.6 Å². The number of carbonyl (C=O) groups is 2. The molecule has 3 aromatic carbocycles. The molecular formula is C27H26BrN3O2. The number of anilines is 1. The molecule has 0 aliphatic carbocycles. The van der Waals surface area contributed by atoms with E-state index in [9.17, 15) is 9.59 Å². The minimum Gasteiger partial charge on any atom is -0.290 e. The van der Waals surface area contributed by atoms with Crippen molar-refractivity contribution in [3.63, 3.8) is 0 Å². The van der Waals surface area contributed by atoms with Gasteiger partial charge in [-0.2, -0.15) is 0 Å². The Balaban J connectivity index is 1.31. The van der Waals surface area contributed by atoms with Crippen LogP contribution in [0.25, 0.3) is 0 Å². The molecule has 5 nitrogen and oxygen atoms in total. The van der Waals surface area contributed by atoms with E-state index >= 15 is 0 Å². The Morgan fingerprint density at radius 3 is 1.82 bits per heavy atom. The van der Waals surface area contributed by atoms with Gasteiger partial charge in [0, 0.05) is 30.7 Å². The number of carbonyl (C=O) groups excluding carboxylic acids is 2. The van der Waals surface area contributed by atoms with Gasteiger partial charge in [0.1, 0.15) is 0 Å². The number of amides is 2. The van der Waals surface area contributed by atoms with Crippen LogP contribution >= 0.6 is 15.9 Å². The van der Waals surface area contributed by atoms with E-state index in [2.05, 4.69) is 74.3 Å². The maximum absolute atomic E-state index is 13.2. The largest absolute Gasteiger partial charge is 0.290 e. The lowest BCUT2D eigenvalue weighted by Crippen LogP contribution is -2.53. The molecule has 3 aromatic rings. The van der Waals surface area contributed by atoms with Gasteiger partial charge in [0.05, 0.1) is 24.2 Å². The number of imide groups is 1. The molecule has 0 N–H and O–H groups in total. The zero-order chi connectivity index (χ0) is 22.8. The van der Waals surface area contributed by atoms with Crippen LogP contribution in [0.1, 0.15) is 23.6 Å². The maximum Gasteiger partial charge on any atom is 0.251 e. The standard InChI is InChI=1S/C27H26BrN3O2/c28-22-11-13-23(14-12-22)31-25(32)19-24(27(31)33)29-15-17-30(18-16-29)26(20-7-3-1-4-8-20)21-9-5-2-6-10-21/h1-14,24,26H,15-19H2/t24-/m1/s1. The molecule has 2 saturated heterocycles. The Kier molecular flexibility index (Phi) is 6.40. The molecule has 0 saturated carbocycles. The zero-order valence-corrected chi connectivity index (χ0v) is 19.9. The van der Waals surface area contributed by atoms with Crippen LogP contribution in [-0.2, 0) is 9.59 Å². The van der Waals surface area contributed by atoms with Crippen molar-refractivity contribution in [3.05, 3.63) is 101 Å². The van der Waals surface area contributed by atoms with E-state index in [0.717, 1.165) is 30.7 Å². The molecule has 2 heterocycles. The summed E-state index contributed by atoms with van der Waals surface area (Å²) in [4.78, 5) is 31.9. The predicted octanol–water partition coefficient (Wildman–Crippen LogP) is 4.49. The monoisotopic (exact) mass is 503 g/mol. The first kappa shape index (κ1) is 22.0. The number of hydrogen-bond acceptors (Lipinski definition) is 4. The molecular weight excluding hydrogens is 478 g/mol. The minimum absolute atomic E-state index is 0.113. The summed E-state index contributed by atoms with van der Waals surface area (Å²) in [6, 6.07) is 28.3.